The van der Waals surface area contributed by atoms with E-state index >= 15 is 0 Å². The fourth-order valence-electron chi connectivity index (χ4n) is 3.07. The zero-order valence-electron chi connectivity index (χ0n) is 15.2. The second-order valence-corrected chi connectivity index (χ2v) is 6.76. The summed E-state index contributed by atoms with van der Waals surface area (Å²) in [4.78, 5) is 20.7. The highest BCUT2D eigenvalue weighted by atomic mass is 16.5. The number of para-hydroxylation sites is 1. The number of hydrogen-bond acceptors (Lipinski definition) is 3. The van der Waals surface area contributed by atoms with Crippen LogP contribution in [0.15, 0.2) is 29.3 Å². The molecular weight excluding hydrogens is 316 g/mol. The standard InChI is InChI=1S/C19H28N4O2/c1-20-19(22(2)11-12-25-14-15-7-8-15)21-13-18(24)23-10-9-16-5-3-4-6-17(16)23/h3-6,15H,7-14H2,1-2H3,(H,20,21). The number of anilines is 1. The molecule has 0 bridgehead atoms. The first-order valence-electron chi connectivity index (χ1n) is 9.07. The number of guanidine groups is 1. The lowest BCUT2D eigenvalue weighted by Gasteiger charge is -2.23. The Kier molecular flexibility index (Phi) is 5.91. The Bertz CT molecular complexity index is 628. The van der Waals surface area contributed by atoms with Crippen LogP contribution in [0.5, 0.6) is 0 Å². The van der Waals surface area contributed by atoms with Gasteiger partial charge in [0.2, 0.25) is 5.91 Å². The number of likely N-dealkylation sites (N-methyl/N-ethyl adjacent to an activating group) is 1. The second-order valence-electron chi connectivity index (χ2n) is 6.76. The smallest absolute Gasteiger partial charge is 0.246 e. The van der Waals surface area contributed by atoms with E-state index in [1.807, 2.05) is 35.0 Å². The van der Waals surface area contributed by atoms with Crippen LogP contribution in [-0.2, 0) is 16.0 Å². The molecule has 0 radical (unpaired) electrons. The van der Waals surface area contributed by atoms with Crippen LogP contribution in [0, 0.1) is 5.92 Å². The Morgan fingerprint density at radius 3 is 2.96 bits per heavy atom. The van der Waals surface area contributed by atoms with Crippen LogP contribution in [0.4, 0.5) is 5.69 Å². The maximum absolute atomic E-state index is 12.6. The van der Waals surface area contributed by atoms with Gasteiger partial charge in [-0.2, -0.15) is 0 Å². The molecule has 1 heterocycles. The summed E-state index contributed by atoms with van der Waals surface area (Å²) in [6.45, 7) is 3.30. The third-order valence-electron chi connectivity index (χ3n) is 4.78. The molecule has 1 fully saturated rings. The van der Waals surface area contributed by atoms with Crippen LogP contribution in [0.2, 0.25) is 0 Å². The summed E-state index contributed by atoms with van der Waals surface area (Å²) in [5.41, 5.74) is 2.27. The molecule has 3 rings (SSSR count). The van der Waals surface area contributed by atoms with Crippen LogP contribution in [0.25, 0.3) is 0 Å². The molecule has 1 saturated carbocycles. The van der Waals surface area contributed by atoms with Gasteiger partial charge in [-0.1, -0.05) is 18.2 Å². The average molecular weight is 344 g/mol. The molecule has 6 nitrogen and oxygen atoms in total. The molecule has 1 N–H and O–H groups in total. The fraction of sp³-hybridized carbons (Fsp3) is 0.579. The van der Waals surface area contributed by atoms with Crippen molar-refractivity contribution >= 4 is 17.6 Å². The first-order chi connectivity index (χ1) is 12.2. The van der Waals surface area contributed by atoms with E-state index in [2.05, 4.69) is 16.4 Å². The van der Waals surface area contributed by atoms with Gasteiger partial charge >= 0.3 is 0 Å². The first-order valence-corrected chi connectivity index (χ1v) is 9.07. The van der Waals surface area contributed by atoms with E-state index in [4.69, 9.17) is 4.74 Å². The van der Waals surface area contributed by atoms with Crippen LogP contribution in [0.1, 0.15) is 18.4 Å². The van der Waals surface area contributed by atoms with Crippen molar-refractivity contribution in [2.24, 2.45) is 10.9 Å². The molecule has 25 heavy (non-hydrogen) atoms. The monoisotopic (exact) mass is 344 g/mol. The Morgan fingerprint density at radius 2 is 2.20 bits per heavy atom. The van der Waals surface area contributed by atoms with Gasteiger partial charge in [-0.05, 0) is 36.8 Å². The summed E-state index contributed by atoms with van der Waals surface area (Å²) in [5.74, 6) is 1.57. The van der Waals surface area contributed by atoms with Gasteiger partial charge in [-0.15, -0.1) is 0 Å². The average Bonchev–Trinajstić information content (AvgIpc) is 3.35. The number of hydrogen-bond donors (Lipinski definition) is 1. The summed E-state index contributed by atoms with van der Waals surface area (Å²) >= 11 is 0. The summed E-state index contributed by atoms with van der Waals surface area (Å²) in [7, 11) is 3.70. The lowest BCUT2D eigenvalue weighted by Crippen LogP contribution is -2.45. The molecule has 1 aromatic rings. The van der Waals surface area contributed by atoms with E-state index in [1.54, 1.807) is 7.05 Å². The normalized spacial score (nSPS) is 16.7. The van der Waals surface area contributed by atoms with Crippen LogP contribution in [0.3, 0.4) is 0 Å². The molecule has 0 saturated heterocycles. The Hall–Kier alpha value is -2.08. The Labute approximate surface area is 149 Å². The number of fused-ring (bicyclic) bond motifs is 1. The topological polar surface area (TPSA) is 57.2 Å². The highest BCUT2D eigenvalue weighted by Gasteiger charge is 2.24. The van der Waals surface area contributed by atoms with Gasteiger partial charge < -0.3 is 19.9 Å². The molecule has 1 amide bonds. The Balaban J connectivity index is 1.43. The third-order valence-corrected chi connectivity index (χ3v) is 4.78. The molecule has 2 aliphatic rings. The van der Waals surface area contributed by atoms with E-state index in [-0.39, 0.29) is 12.5 Å². The molecule has 0 spiro atoms. The number of amides is 1. The minimum atomic E-state index is 0.0736. The number of rotatable bonds is 7. The highest BCUT2D eigenvalue weighted by Crippen LogP contribution is 2.28. The van der Waals surface area contributed by atoms with Crippen molar-refractivity contribution in [1.29, 1.82) is 0 Å². The van der Waals surface area contributed by atoms with Gasteiger partial charge in [-0.3, -0.25) is 9.79 Å². The van der Waals surface area contributed by atoms with Gasteiger partial charge in [0.05, 0.1) is 13.2 Å². The largest absolute Gasteiger partial charge is 0.379 e. The predicted octanol–water partition coefficient (Wildman–Crippen LogP) is 1.51. The maximum Gasteiger partial charge on any atom is 0.246 e. The minimum absolute atomic E-state index is 0.0736. The summed E-state index contributed by atoms with van der Waals surface area (Å²) in [6.07, 6.45) is 3.54. The molecule has 136 valence electrons. The molecule has 1 aliphatic carbocycles. The van der Waals surface area contributed by atoms with Gasteiger partial charge in [-0.25, -0.2) is 0 Å². The van der Waals surface area contributed by atoms with E-state index in [9.17, 15) is 4.79 Å². The quantitative estimate of drug-likeness (QED) is 0.463. The minimum Gasteiger partial charge on any atom is -0.379 e. The maximum atomic E-state index is 12.6. The Morgan fingerprint density at radius 1 is 1.40 bits per heavy atom. The van der Waals surface area contributed by atoms with Crippen LogP contribution < -0.4 is 10.2 Å². The van der Waals surface area contributed by atoms with Crippen molar-refractivity contribution in [2.75, 3.05) is 51.8 Å². The number of nitrogens with one attached hydrogen (secondary N) is 1. The zero-order valence-corrected chi connectivity index (χ0v) is 15.2. The predicted molar refractivity (Wildman–Crippen MR) is 100 cm³/mol. The van der Waals surface area contributed by atoms with Gasteiger partial charge in [0.25, 0.3) is 0 Å². The van der Waals surface area contributed by atoms with Crippen molar-refractivity contribution < 1.29 is 9.53 Å². The van der Waals surface area contributed by atoms with Crippen molar-refractivity contribution in [1.82, 2.24) is 10.2 Å². The molecule has 0 unspecified atom stereocenters. The van der Waals surface area contributed by atoms with E-state index in [0.717, 1.165) is 43.7 Å². The highest BCUT2D eigenvalue weighted by molar-refractivity contribution is 5.98. The van der Waals surface area contributed by atoms with Gasteiger partial charge in [0, 0.05) is 39.5 Å². The number of nitrogens with zero attached hydrogens (tertiary/aromatic N) is 3. The van der Waals surface area contributed by atoms with Crippen LogP contribution in [-0.4, -0.2) is 63.7 Å². The second kappa shape index (κ2) is 8.34. The van der Waals surface area contributed by atoms with E-state index in [1.165, 1.54) is 18.4 Å². The number of benzene rings is 1. The summed E-state index contributed by atoms with van der Waals surface area (Å²) in [5, 5.41) is 3.17. The molecule has 0 atom stereocenters. The number of aliphatic imine (C=N–C) groups is 1. The van der Waals surface area contributed by atoms with Gasteiger partial charge in [0.15, 0.2) is 5.96 Å². The van der Waals surface area contributed by atoms with E-state index in [0.29, 0.717) is 6.61 Å². The van der Waals surface area contributed by atoms with Crippen molar-refractivity contribution in [3.8, 4) is 0 Å². The molecule has 1 aliphatic heterocycles. The molecule has 1 aromatic carbocycles. The lowest BCUT2D eigenvalue weighted by atomic mass is 10.2. The fourth-order valence-corrected chi connectivity index (χ4v) is 3.07. The molecule has 0 aromatic heterocycles. The lowest BCUT2D eigenvalue weighted by molar-refractivity contribution is -0.117. The van der Waals surface area contributed by atoms with Crippen molar-refractivity contribution in [2.45, 2.75) is 19.3 Å². The molecular formula is C19H28N4O2. The van der Waals surface area contributed by atoms with Crippen molar-refractivity contribution in [3.05, 3.63) is 29.8 Å². The van der Waals surface area contributed by atoms with E-state index < -0.39 is 0 Å². The van der Waals surface area contributed by atoms with Crippen molar-refractivity contribution in [3.63, 3.8) is 0 Å². The zero-order chi connectivity index (χ0) is 17.6. The van der Waals surface area contributed by atoms with Gasteiger partial charge in [0.1, 0.15) is 0 Å². The number of carbonyl (C=O) groups is 1. The molecule has 6 heteroatoms. The third kappa shape index (κ3) is 4.72. The summed E-state index contributed by atoms with van der Waals surface area (Å²) < 4.78 is 5.67. The number of ether oxygens (including phenoxy) is 1. The SMILES string of the molecule is CN=C(NCC(=O)N1CCc2ccccc21)N(C)CCOCC1CC1. The first kappa shape index (κ1) is 17.7. The van der Waals surface area contributed by atoms with Crippen LogP contribution >= 0.6 is 0 Å². The number of carbonyl (C=O) groups excluding carboxylic acids is 1. The summed E-state index contributed by atoms with van der Waals surface area (Å²) in [6, 6.07) is 8.10.